The van der Waals surface area contributed by atoms with E-state index >= 15 is 0 Å². The number of hydrogen-bond donors (Lipinski definition) is 6. The molecule has 6 rings (SSSR count). The number of primary amides is 1. The van der Waals surface area contributed by atoms with Crippen LogP contribution in [0.15, 0.2) is 89.8 Å². The zero-order chi connectivity index (χ0) is 44.7. The second kappa shape index (κ2) is 19.6. The molecule has 0 radical (unpaired) electrons. The largest absolute Gasteiger partial charge is 0.481 e. The molecule has 19 heteroatoms. The van der Waals surface area contributed by atoms with E-state index in [0.717, 1.165) is 28.1 Å². The summed E-state index contributed by atoms with van der Waals surface area (Å²) in [5, 5.41) is 19.9. The molecule has 2 aliphatic rings. The van der Waals surface area contributed by atoms with Gasteiger partial charge >= 0.3 is 5.97 Å². The number of nitrogens with zero attached hydrogens (tertiary/aromatic N) is 2. The van der Waals surface area contributed by atoms with E-state index in [1.165, 1.54) is 19.0 Å². The third kappa shape index (κ3) is 10.7. The van der Waals surface area contributed by atoms with E-state index in [-0.39, 0.29) is 12.8 Å². The summed E-state index contributed by atoms with van der Waals surface area (Å²) in [6.07, 6.45) is -0.710. The van der Waals surface area contributed by atoms with Crippen molar-refractivity contribution in [1.29, 1.82) is 0 Å². The van der Waals surface area contributed by atoms with Crippen LogP contribution >= 0.6 is 23.6 Å². The molecule has 4 aromatic rings. The molecular weight excluding hydrogens is 842 g/mol. The zero-order valence-electron chi connectivity index (χ0n) is 33.4. The number of carbonyl (C=O) groups is 8. The number of carboxylic acid groups (broad SMARTS) is 1. The molecule has 17 nitrogen and oxygen atoms in total. The van der Waals surface area contributed by atoms with Gasteiger partial charge in [0.05, 0.1) is 36.6 Å². The van der Waals surface area contributed by atoms with Gasteiger partial charge in [-0.05, 0) is 77.2 Å². The monoisotopic (exact) mass is 883 g/mol. The molecule has 4 bridgehead atoms. The minimum atomic E-state index is -1.28. The lowest BCUT2D eigenvalue weighted by molar-refractivity contribution is -0.141. The lowest BCUT2D eigenvalue weighted by Gasteiger charge is -2.30. The molecule has 3 atom stereocenters. The number of benzene rings is 4. The van der Waals surface area contributed by atoms with Crippen LogP contribution in [-0.4, -0.2) is 108 Å². The number of likely N-dealkylation sites (N-methyl/N-ethyl adjacent to an activating group) is 2. The van der Waals surface area contributed by atoms with Crippen LogP contribution in [0.5, 0.6) is 5.75 Å². The third-order valence-corrected chi connectivity index (χ3v) is 11.4. The molecule has 4 aromatic carbocycles. The molecule has 0 aliphatic carbocycles. The fourth-order valence-electron chi connectivity index (χ4n) is 6.94. The van der Waals surface area contributed by atoms with Gasteiger partial charge in [-0.1, -0.05) is 48.0 Å². The first-order chi connectivity index (χ1) is 29.6. The van der Waals surface area contributed by atoms with Crippen molar-refractivity contribution in [1.82, 2.24) is 31.1 Å². The number of fused-ring (bicyclic) bond motifs is 2. The lowest BCUT2D eigenvalue weighted by Crippen LogP contribution is -2.54. The van der Waals surface area contributed by atoms with Gasteiger partial charge in [-0.3, -0.25) is 38.4 Å². The van der Waals surface area contributed by atoms with E-state index in [2.05, 4.69) is 21.3 Å². The smallest absolute Gasteiger partial charge is 0.303 e. The van der Waals surface area contributed by atoms with Crippen molar-refractivity contribution in [3.8, 4) is 28.0 Å². The van der Waals surface area contributed by atoms with Gasteiger partial charge in [0.15, 0.2) is 0 Å². The van der Waals surface area contributed by atoms with Crippen molar-refractivity contribution in [2.24, 2.45) is 5.73 Å². The van der Waals surface area contributed by atoms with Crippen LogP contribution < -0.4 is 31.2 Å². The van der Waals surface area contributed by atoms with Gasteiger partial charge in [0, 0.05) is 48.6 Å². The van der Waals surface area contributed by atoms with Crippen molar-refractivity contribution in [2.75, 3.05) is 33.7 Å². The fraction of sp³-hybridized carbons (Fsp3) is 0.256. The number of amides is 7. The van der Waals surface area contributed by atoms with Gasteiger partial charge in [-0.15, -0.1) is 0 Å². The van der Waals surface area contributed by atoms with Gasteiger partial charge in [-0.2, -0.15) is 0 Å². The maximum atomic E-state index is 14.0. The Morgan fingerprint density at radius 1 is 0.887 bits per heavy atom. The van der Waals surface area contributed by atoms with Crippen LogP contribution in [0.4, 0.5) is 0 Å². The van der Waals surface area contributed by atoms with Crippen LogP contribution in [-0.2, 0) is 40.0 Å². The number of carbonyl (C=O) groups excluding carboxylic acids is 7. The highest BCUT2D eigenvalue weighted by atomic mass is 35.5. The topological polar surface area (TPSA) is 247 Å². The highest BCUT2D eigenvalue weighted by Crippen LogP contribution is 2.45. The number of hydrogen-bond acceptors (Lipinski definition) is 10. The van der Waals surface area contributed by atoms with Crippen molar-refractivity contribution in [3.63, 3.8) is 0 Å². The van der Waals surface area contributed by atoms with Crippen LogP contribution in [0.25, 0.3) is 22.3 Å². The third-order valence-electron chi connectivity index (χ3n) is 10.4. The first-order valence-corrected chi connectivity index (χ1v) is 20.3. The summed E-state index contributed by atoms with van der Waals surface area (Å²) < 4.78 is 5.92. The van der Waals surface area contributed by atoms with Gasteiger partial charge in [0.2, 0.25) is 35.4 Å². The molecule has 0 spiro atoms. The average Bonchev–Trinajstić information content (AvgIpc) is 3.25. The molecule has 322 valence electrons. The fourth-order valence-corrected chi connectivity index (χ4v) is 7.77. The SMILES string of the molecule is CN(C(=O)CNC(=O)[C@@H]1Cc2ccc3c(c2)-c2cc(ccc2SO3)C(N(C)C(=O)CNC(=O)c2ccc(-c3ccc(Cl)cc3)cc2)C(=O)NCC(=O)N1)C(CCC(=O)O)C(N)=O. The van der Waals surface area contributed by atoms with Crippen molar-refractivity contribution >= 4 is 71.0 Å². The Morgan fingerprint density at radius 2 is 1.56 bits per heavy atom. The molecule has 7 N–H and O–H groups in total. The molecule has 2 heterocycles. The zero-order valence-corrected chi connectivity index (χ0v) is 35.0. The van der Waals surface area contributed by atoms with Crippen LogP contribution in [0.1, 0.15) is 40.4 Å². The van der Waals surface area contributed by atoms with Crippen molar-refractivity contribution in [2.45, 2.75) is 42.3 Å². The predicted octanol–water partition coefficient (Wildman–Crippen LogP) is 2.45. The number of nitrogens with two attached hydrogens (primary N) is 1. The van der Waals surface area contributed by atoms with Gasteiger partial charge in [0.25, 0.3) is 5.91 Å². The number of carboxylic acids is 1. The van der Waals surface area contributed by atoms with Crippen LogP contribution in [0.2, 0.25) is 5.02 Å². The van der Waals surface area contributed by atoms with E-state index in [0.29, 0.717) is 43.5 Å². The highest BCUT2D eigenvalue weighted by Gasteiger charge is 2.33. The number of aliphatic carboxylic acids is 1. The summed E-state index contributed by atoms with van der Waals surface area (Å²) in [6, 6.07) is 20.6. The summed E-state index contributed by atoms with van der Waals surface area (Å²) in [5.74, 6) is -5.75. The summed E-state index contributed by atoms with van der Waals surface area (Å²) in [5.41, 5.74) is 9.77. The van der Waals surface area contributed by atoms with Crippen molar-refractivity contribution < 1.29 is 47.6 Å². The van der Waals surface area contributed by atoms with Gasteiger partial charge < -0.3 is 46.1 Å². The van der Waals surface area contributed by atoms with E-state index in [1.807, 2.05) is 12.1 Å². The Bertz CT molecular complexity index is 2430. The first kappa shape index (κ1) is 44.6. The molecule has 2 aliphatic heterocycles. The Hall–Kier alpha value is -6.92. The summed E-state index contributed by atoms with van der Waals surface area (Å²) in [4.78, 5) is 107. The van der Waals surface area contributed by atoms with E-state index in [1.54, 1.807) is 72.8 Å². The quantitative estimate of drug-likeness (QED) is 0.107. The number of nitrogens with one attached hydrogen (secondary N) is 4. The van der Waals surface area contributed by atoms with Crippen molar-refractivity contribution in [3.05, 3.63) is 107 Å². The Morgan fingerprint density at radius 3 is 2.24 bits per heavy atom. The molecule has 2 unspecified atom stereocenters. The normalized spacial score (nSPS) is 16.0. The van der Waals surface area contributed by atoms with E-state index in [4.69, 9.17) is 26.6 Å². The molecule has 0 saturated carbocycles. The molecule has 0 fully saturated rings. The Balaban J connectivity index is 1.19. The number of halogens is 1. The highest BCUT2D eigenvalue weighted by molar-refractivity contribution is 7.95. The van der Waals surface area contributed by atoms with Crippen LogP contribution in [0, 0.1) is 0 Å². The average molecular weight is 884 g/mol. The summed E-state index contributed by atoms with van der Waals surface area (Å²) in [6.45, 7) is -1.67. The maximum Gasteiger partial charge on any atom is 0.303 e. The standard InChI is InChI=1S/C43H42ClN7O10S/c1-50(32(40(45)57)13-16-38(55)56)36(53)21-48-42(59)31-18-23-3-14-33-29(17-23)30-19-27(10-15-34(30)62-61-33)39(43(60)46-20-35(52)49-31)51(2)37(54)22-47-41(58)26-6-4-24(5-7-26)25-8-11-28(44)12-9-25/h3-12,14-15,17,19,31-32,39H,13,16,18,20-22H2,1-2H3,(H2,45,57)(H,46,60)(H,47,58)(H,48,59)(H,49,52)(H,55,56)/t31-,32?,39?/m0/s1. The molecular formula is C43H42ClN7O10S. The Kier molecular flexibility index (Phi) is 14.1. The van der Waals surface area contributed by atoms with Crippen LogP contribution in [0.3, 0.4) is 0 Å². The second-order valence-corrected chi connectivity index (χ2v) is 15.8. The second-order valence-electron chi connectivity index (χ2n) is 14.5. The maximum absolute atomic E-state index is 14.0. The predicted molar refractivity (Wildman–Crippen MR) is 227 cm³/mol. The summed E-state index contributed by atoms with van der Waals surface area (Å²) >= 11 is 7.10. The molecule has 0 aromatic heterocycles. The molecule has 7 amide bonds. The van der Waals surface area contributed by atoms with Gasteiger partial charge in [-0.25, -0.2) is 0 Å². The Labute approximate surface area is 364 Å². The first-order valence-electron chi connectivity index (χ1n) is 19.2. The number of rotatable bonds is 13. The van der Waals surface area contributed by atoms with Gasteiger partial charge in [0.1, 0.15) is 23.9 Å². The molecule has 62 heavy (non-hydrogen) atoms. The van der Waals surface area contributed by atoms with E-state index < -0.39 is 91.5 Å². The summed E-state index contributed by atoms with van der Waals surface area (Å²) in [7, 11) is 2.66. The van der Waals surface area contributed by atoms with E-state index in [9.17, 15) is 38.4 Å². The minimum absolute atomic E-state index is 0.0500. The lowest BCUT2D eigenvalue weighted by atomic mass is 9.94. The minimum Gasteiger partial charge on any atom is -0.481 e. The molecule has 0 saturated heterocycles.